The molecule has 2 aromatic rings. The standard InChI is InChI=1S/C23H28N2O3/c1-3-10-21-15-22(26)24(18(2)20-13-8-5-9-14-20)17-25(21)23(27)28-16-19-11-6-4-7-12-19/h4-9,11-14,18,21H,3,10,15-17H2,1-2H3/t18-,21-/m0/s1. The Morgan fingerprint density at radius 2 is 1.75 bits per heavy atom. The molecule has 0 radical (unpaired) electrons. The fourth-order valence-electron chi connectivity index (χ4n) is 3.64. The highest BCUT2D eigenvalue weighted by Crippen LogP contribution is 2.28. The van der Waals surface area contributed by atoms with Gasteiger partial charge in [-0.3, -0.25) is 9.69 Å². The Balaban J connectivity index is 1.72. The number of hydrogen-bond donors (Lipinski definition) is 0. The summed E-state index contributed by atoms with van der Waals surface area (Å²) in [6, 6.07) is 19.3. The maximum Gasteiger partial charge on any atom is 0.411 e. The van der Waals surface area contributed by atoms with E-state index in [-0.39, 0.29) is 37.4 Å². The van der Waals surface area contributed by atoms with Crippen LogP contribution in [0.1, 0.15) is 50.3 Å². The average Bonchev–Trinajstić information content (AvgIpc) is 2.73. The molecule has 148 valence electrons. The molecule has 5 nitrogen and oxygen atoms in total. The van der Waals surface area contributed by atoms with Gasteiger partial charge >= 0.3 is 6.09 Å². The van der Waals surface area contributed by atoms with E-state index in [1.165, 1.54) is 0 Å². The molecule has 1 aliphatic heterocycles. The Morgan fingerprint density at radius 1 is 1.11 bits per heavy atom. The van der Waals surface area contributed by atoms with Gasteiger partial charge in [0.25, 0.3) is 0 Å². The van der Waals surface area contributed by atoms with Gasteiger partial charge < -0.3 is 9.64 Å². The highest BCUT2D eigenvalue weighted by atomic mass is 16.6. The van der Waals surface area contributed by atoms with Gasteiger partial charge in [0.2, 0.25) is 5.91 Å². The predicted molar refractivity (Wildman–Crippen MR) is 108 cm³/mol. The number of amides is 2. The summed E-state index contributed by atoms with van der Waals surface area (Å²) >= 11 is 0. The van der Waals surface area contributed by atoms with Gasteiger partial charge in [-0.15, -0.1) is 0 Å². The first-order valence-corrected chi connectivity index (χ1v) is 9.92. The van der Waals surface area contributed by atoms with E-state index in [4.69, 9.17) is 4.74 Å². The summed E-state index contributed by atoms with van der Waals surface area (Å²) in [7, 11) is 0. The summed E-state index contributed by atoms with van der Waals surface area (Å²) in [5.41, 5.74) is 2.01. The van der Waals surface area contributed by atoms with Crippen LogP contribution in [0, 0.1) is 0 Å². The van der Waals surface area contributed by atoms with E-state index in [1.54, 1.807) is 9.80 Å². The molecule has 28 heavy (non-hydrogen) atoms. The fourth-order valence-corrected chi connectivity index (χ4v) is 3.64. The predicted octanol–water partition coefficient (Wildman–Crippen LogP) is 4.74. The van der Waals surface area contributed by atoms with Crippen molar-refractivity contribution in [3.8, 4) is 0 Å². The first-order chi connectivity index (χ1) is 13.6. The zero-order chi connectivity index (χ0) is 19.9. The van der Waals surface area contributed by atoms with Crippen LogP contribution >= 0.6 is 0 Å². The van der Waals surface area contributed by atoms with Crippen molar-refractivity contribution in [1.29, 1.82) is 0 Å². The van der Waals surface area contributed by atoms with E-state index in [0.717, 1.165) is 24.0 Å². The van der Waals surface area contributed by atoms with Gasteiger partial charge in [0, 0.05) is 12.5 Å². The zero-order valence-corrected chi connectivity index (χ0v) is 16.6. The van der Waals surface area contributed by atoms with Gasteiger partial charge in [0.15, 0.2) is 0 Å². The lowest BCUT2D eigenvalue weighted by Gasteiger charge is -2.43. The second-order valence-electron chi connectivity index (χ2n) is 7.25. The van der Waals surface area contributed by atoms with E-state index < -0.39 is 0 Å². The third kappa shape index (κ3) is 4.71. The Hall–Kier alpha value is -2.82. The van der Waals surface area contributed by atoms with Crippen molar-refractivity contribution in [3.05, 3.63) is 71.8 Å². The second kappa shape index (κ2) is 9.40. The molecular formula is C23H28N2O3. The first-order valence-electron chi connectivity index (χ1n) is 9.92. The summed E-state index contributed by atoms with van der Waals surface area (Å²) in [6.07, 6.45) is 1.68. The third-order valence-corrected chi connectivity index (χ3v) is 5.29. The summed E-state index contributed by atoms with van der Waals surface area (Å²) in [5, 5.41) is 0. The minimum absolute atomic E-state index is 0.0851. The smallest absolute Gasteiger partial charge is 0.411 e. The van der Waals surface area contributed by atoms with E-state index in [2.05, 4.69) is 6.92 Å². The van der Waals surface area contributed by atoms with E-state index >= 15 is 0 Å². The normalized spacial score (nSPS) is 18.1. The van der Waals surface area contributed by atoms with Crippen LogP contribution in [0.4, 0.5) is 4.79 Å². The van der Waals surface area contributed by atoms with Gasteiger partial charge in [-0.25, -0.2) is 4.79 Å². The van der Waals surface area contributed by atoms with Crippen molar-refractivity contribution in [3.63, 3.8) is 0 Å². The Kier molecular flexibility index (Phi) is 6.69. The van der Waals surface area contributed by atoms with Crippen LogP contribution in [0.5, 0.6) is 0 Å². The first kappa shape index (κ1) is 19.9. The minimum atomic E-state index is -0.361. The topological polar surface area (TPSA) is 49.9 Å². The van der Waals surface area contributed by atoms with Gasteiger partial charge in [0.05, 0.1) is 12.7 Å². The maximum atomic E-state index is 12.8. The van der Waals surface area contributed by atoms with E-state index in [1.807, 2.05) is 67.6 Å². The van der Waals surface area contributed by atoms with Crippen molar-refractivity contribution in [2.24, 2.45) is 0 Å². The molecule has 0 unspecified atom stereocenters. The Morgan fingerprint density at radius 3 is 2.39 bits per heavy atom. The third-order valence-electron chi connectivity index (χ3n) is 5.29. The monoisotopic (exact) mass is 380 g/mol. The van der Waals surface area contributed by atoms with Gasteiger partial charge in [-0.2, -0.15) is 0 Å². The highest BCUT2D eigenvalue weighted by molar-refractivity contribution is 5.80. The average molecular weight is 380 g/mol. The van der Waals surface area contributed by atoms with E-state index in [0.29, 0.717) is 6.42 Å². The number of rotatable bonds is 6. The van der Waals surface area contributed by atoms with Gasteiger partial charge in [0.1, 0.15) is 6.61 Å². The molecule has 0 N–H and O–H groups in total. The zero-order valence-electron chi connectivity index (χ0n) is 16.6. The van der Waals surface area contributed by atoms with Gasteiger partial charge in [-0.05, 0) is 24.5 Å². The van der Waals surface area contributed by atoms with Crippen molar-refractivity contribution >= 4 is 12.0 Å². The molecule has 1 aliphatic rings. The van der Waals surface area contributed by atoms with Crippen molar-refractivity contribution in [1.82, 2.24) is 9.80 Å². The lowest BCUT2D eigenvalue weighted by Crippen LogP contribution is -2.56. The number of benzene rings is 2. The van der Waals surface area contributed by atoms with Crippen LogP contribution in [-0.4, -0.2) is 34.5 Å². The molecule has 0 aromatic heterocycles. The van der Waals surface area contributed by atoms with Crippen LogP contribution < -0.4 is 0 Å². The molecule has 2 amide bonds. The number of carbonyl (C=O) groups is 2. The maximum absolute atomic E-state index is 12.8. The summed E-state index contributed by atoms with van der Waals surface area (Å²) < 4.78 is 5.56. The highest BCUT2D eigenvalue weighted by Gasteiger charge is 2.37. The lowest BCUT2D eigenvalue weighted by molar-refractivity contribution is -0.142. The number of hydrogen-bond acceptors (Lipinski definition) is 3. The molecule has 0 spiro atoms. The molecule has 5 heteroatoms. The molecule has 1 saturated heterocycles. The van der Waals surface area contributed by atoms with Crippen LogP contribution in [-0.2, 0) is 16.1 Å². The molecule has 3 rings (SSSR count). The summed E-state index contributed by atoms with van der Waals surface area (Å²) in [5.74, 6) is 0.0851. The Bertz CT molecular complexity index is 779. The summed E-state index contributed by atoms with van der Waals surface area (Å²) in [4.78, 5) is 29.1. The van der Waals surface area contributed by atoms with Crippen LogP contribution in [0.3, 0.4) is 0 Å². The minimum Gasteiger partial charge on any atom is -0.444 e. The SMILES string of the molecule is CCC[C@H]1CC(=O)N([C@@H](C)c2ccccc2)CN1C(=O)OCc1ccccc1. The van der Waals surface area contributed by atoms with Crippen molar-refractivity contribution in [2.75, 3.05) is 6.67 Å². The van der Waals surface area contributed by atoms with Gasteiger partial charge in [-0.1, -0.05) is 74.0 Å². The molecule has 0 aliphatic carbocycles. The van der Waals surface area contributed by atoms with Crippen molar-refractivity contribution < 1.29 is 14.3 Å². The van der Waals surface area contributed by atoms with Crippen LogP contribution in [0.15, 0.2) is 60.7 Å². The van der Waals surface area contributed by atoms with Crippen molar-refractivity contribution in [2.45, 2.75) is 51.8 Å². The number of nitrogens with zero attached hydrogens (tertiary/aromatic N) is 2. The molecule has 1 heterocycles. The number of carbonyl (C=O) groups excluding carboxylic acids is 2. The number of ether oxygens (including phenoxy) is 1. The second-order valence-corrected chi connectivity index (χ2v) is 7.25. The van der Waals surface area contributed by atoms with Crippen LogP contribution in [0.2, 0.25) is 0 Å². The molecule has 2 atom stereocenters. The largest absolute Gasteiger partial charge is 0.444 e. The fraction of sp³-hybridized carbons (Fsp3) is 0.391. The van der Waals surface area contributed by atoms with Crippen LogP contribution in [0.25, 0.3) is 0 Å². The lowest BCUT2D eigenvalue weighted by atomic mass is 10.0. The quantitative estimate of drug-likeness (QED) is 0.727. The molecule has 0 bridgehead atoms. The van der Waals surface area contributed by atoms with E-state index in [9.17, 15) is 9.59 Å². The molecular weight excluding hydrogens is 352 g/mol. The summed E-state index contributed by atoms with van der Waals surface area (Å²) in [6.45, 7) is 4.56. The molecule has 1 fully saturated rings. The Labute approximate surface area is 166 Å². The molecule has 0 saturated carbocycles. The molecule has 2 aromatic carbocycles.